The summed E-state index contributed by atoms with van der Waals surface area (Å²) in [6.07, 6.45) is 28.0. The molecule has 0 bridgehead atoms. The van der Waals surface area contributed by atoms with E-state index in [4.69, 9.17) is 9.05 Å². The van der Waals surface area contributed by atoms with Crippen LogP contribution in [0.1, 0.15) is 194 Å². The van der Waals surface area contributed by atoms with Crippen LogP contribution in [0.3, 0.4) is 0 Å². The molecule has 0 aliphatic heterocycles. The van der Waals surface area contributed by atoms with Crippen molar-refractivity contribution in [2.45, 2.75) is 249 Å². The maximum Gasteiger partial charge on any atom is 0.472 e. The summed E-state index contributed by atoms with van der Waals surface area (Å²) in [6.45, 7) is 3.72. The third-order valence-corrected chi connectivity index (χ3v) is 12.4. The van der Waals surface area contributed by atoms with E-state index in [0.717, 1.165) is 44.9 Å². The number of phosphoric ester groups is 1. The number of carbonyl (C=O) groups excluding carboxylic acids is 1. The Kier molecular flexibility index (Phi) is 34.7. The number of aliphatic hydroxyl groups excluding tert-OH is 7. The standard InChI is InChI=1S/C47H88NO12P/c1-3-5-7-9-11-13-15-17-19-21-23-25-27-29-31-33-35-40(50)39(37-59-61(57,58)60-47-45(55)43(53)42(52)44(54)46(47)56)48-41(51)36-38(49)34-32-30-28-26-24-22-20-18-16-14-12-10-8-6-4-2/h17,19,25,27,33,35,38-40,42-47,49-50,52-56H,3-16,18,20-24,26,28-32,34,36-37H2,1-2H3,(H,48,51)(H,57,58)/b19-17+,27-25+,35-33+. The van der Waals surface area contributed by atoms with Crippen LogP contribution in [-0.4, -0.2) is 108 Å². The number of hydrogen-bond acceptors (Lipinski definition) is 11. The Bertz CT molecular complexity index is 1190. The van der Waals surface area contributed by atoms with Crippen LogP contribution in [0.15, 0.2) is 36.5 Å². The third-order valence-electron chi connectivity index (χ3n) is 11.5. The first kappa shape index (κ1) is 57.5. The molecule has 1 aliphatic carbocycles. The number of carbonyl (C=O) groups is 1. The Balaban J connectivity index is 2.57. The minimum Gasteiger partial charge on any atom is -0.393 e. The van der Waals surface area contributed by atoms with Crippen molar-refractivity contribution in [2.75, 3.05) is 6.61 Å². The minimum absolute atomic E-state index is 0.254. The van der Waals surface area contributed by atoms with Gasteiger partial charge in [0.15, 0.2) is 0 Å². The Morgan fingerprint density at radius 2 is 0.967 bits per heavy atom. The monoisotopic (exact) mass is 890 g/mol. The van der Waals surface area contributed by atoms with E-state index in [1.165, 1.54) is 115 Å². The van der Waals surface area contributed by atoms with E-state index in [0.29, 0.717) is 19.3 Å². The fourth-order valence-corrected chi connectivity index (χ4v) is 8.47. The van der Waals surface area contributed by atoms with Crippen molar-refractivity contribution >= 4 is 13.7 Å². The summed E-state index contributed by atoms with van der Waals surface area (Å²) in [6, 6.07) is -1.26. The van der Waals surface area contributed by atoms with Crippen molar-refractivity contribution in [3.8, 4) is 0 Å². The molecule has 8 atom stereocenters. The van der Waals surface area contributed by atoms with Gasteiger partial charge in [0.1, 0.15) is 36.6 Å². The van der Waals surface area contributed by atoms with Gasteiger partial charge in [-0.3, -0.25) is 13.8 Å². The highest BCUT2D eigenvalue weighted by molar-refractivity contribution is 7.47. The zero-order valence-electron chi connectivity index (χ0n) is 37.8. The molecule has 0 saturated heterocycles. The molecule has 0 aromatic rings. The quantitative estimate of drug-likeness (QED) is 0.0162. The molecule has 0 radical (unpaired) electrons. The molecule has 0 spiro atoms. The summed E-state index contributed by atoms with van der Waals surface area (Å²) in [4.78, 5) is 23.4. The molecule has 1 saturated carbocycles. The molecule has 9 N–H and O–H groups in total. The summed E-state index contributed by atoms with van der Waals surface area (Å²) >= 11 is 0. The van der Waals surface area contributed by atoms with Gasteiger partial charge in [0.05, 0.1) is 31.3 Å². The van der Waals surface area contributed by atoms with E-state index in [1.807, 2.05) is 0 Å². The second kappa shape index (κ2) is 36.8. The first-order valence-electron chi connectivity index (χ1n) is 24.0. The molecule has 0 aromatic heterocycles. The minimum atomic E-state index is -5.15. The summed E-state index contributed by atoms with van der Waals surface area (Å²) in [5.41, 5.74) is 0. The summed E-state index contributed by atoms with van der Waals surface area (Å²) in [5.74, 6) is -0.606. The van der Waals surface area contributed by atoms with Gasteiger partial charge in [0, 0.05) is 0 Å². The molecular formula is C47H88NO12P. The maximum absolute atomic E-state index is 13.0. The van der Waals surface area contributed by atoms with Gasteiger partial charge in [0.2, 0.25) is 5.91 Å². The number of phosphoric acid groups is 1. The van der Waals surface area contributed by atoms with Crippen LogP contribution in [0, 0.1) is 0 Å². The third kappa shape index (κ3) is 28.8. The van der Waals surface area contributed by atoms with Gasteiger partial charge < -0.3 is 46.0 Å². The van der Waals surface area contributed by atoms with Crippen LogP contribution in [-0.2, 0) is 18.4 Å². The van der Waals surface area contributed by atoms with Crippen molar-refractivity contribution in [1.29, 1.82) is 0 Å². The molecule has 13 nitrogen and oxygen atoms in total. The normalized spacial score (nSPS) is 23.5. The molecule has 8 unspecified atom stereocenters. The fourth-order valence-electron chi connectivity index (χ4n) is 7.51. The van der Waals surface area contributed by atoms with Crippen LogP contribution in [0.5, 0.6) is 0 Å². The first-order valence-corrected chi connectivity index (χ1v) is 25.5. The smallest absolute Gasteiger partial charge is 0.393 e. The van der Waals surface area contributed by atoms with Crippen molar-refractivity contribution in [2.24, 2.45) is 0 Å². The van der Waals surface area contributed by atoms with Gasteiger partial charge >= 0.3 is 7.82 Å². The van der Waals surface area contributed by atoms with Crippen LogP contribution in [0.2, 0.25) is 0 Å². The zero-order valence-corrected chi connectivity index (χ0v) is 38.7. The highest BCUT2D eigenvalue weighted by Crippen LogP contribution is 2.47. The van der Waals surface area contributed by atoms with E-state index in [1.54, 1.807) is 6.08 Å². The van der Waals surface area contributed by atoms with Crippen molar-refractivity contribution < 1.29 is 59.0 Å². The van der Waals surface area contributed by atoms with Crippen molar-refractivity contribution in [1.82, 2.24) is 5.32 Å². The number of aliphatic hydroxyl groups is 7. The van der Waals surface area contributed by atoms with Crippen LogP contribution in [0.4, 0.5) is 0 Å². The Morgan fingerprint density at radius 1 is 0.574 bits per heavy atom. The number of allylic oxidation sites excluding steroid dienone is 5. The Hall–Kier alpha value is -1.48. The molecule has 61 heavy (non-hydrogen) atoms. The SMILES string of the molecule is CCCCCCCC/C=C/CC/C=C/CC/C=C/C(O)C(COP(=O)(O)OC1C(O)C(O)C(O)C(O)C1O)NC(=O)CC(O)CCCCCCCCCCCCCCCCC. The van der Waals surface area contributed by atoms with E-state index in [-0.39, 0.29) is 6.42 Å². The number of unbranched alkanes of at least 4 members (excludes halogenated alkanes) is 22. The Morgan fingerprint density at radius 3 is 1.44 bits per heavy atom. The lowest BCUT2D eigenvalue weighted by Crippen LogP contribution is -2.64. The predicted molar refractivity (Wildman–Crippen MR) is 243 cm³/mol. The van der Waals surface area contributed by atoms with E-state index in [9.17, 15) is 50.0 Å². The van der Waals surface area contributed by atoms with Gasteiger partial charge in [-0.05, 0) is 44.9 Å². The summed E-state index contributed by atoms with van der Waals surface area (Å²) < 4.78 is 22.9. The molecule has 1 amide bonds. The lowest BCUT2D eigenvalue weighted by molar-refractivity contribution is -0.220. The van der Waals surface area contributed by atoms with Crippen LogP contribution >= 0.6 is 7.82 Å². The number of amides is 1. The van der Waals surface area contributed by atoms with E-state index in [2.05, 4.69) is 43.5 Å². The van der Waals surface area contributed by atoms with Crippen LogP contribution < -0.4 is 5.32 Å². The molecular weight excluding hydrogens is 801 g/mol. The number of hydrogen-bond donors (Lipinski definition) is 9. The molecule has 1 fully saturated rings. The average molecular weight is 890 g/mol. The molecule has 0 aromatic carbocycles. The Labute approximate surface area is 368 Å². The van der Waals surface area contributed by atoms with Crippen LogP contribution in [0.25, 0.3) is 0 Å². The molecule has 0 heterocycles. The highest BCUT2D eigenvalue weighted by Gasteiger charge is 2.51. The van der Waals surface area contributed by atoms with Gasteiger partial charge in [-0.25, -0.2) is 4.57 Å². The zero-order chi connectivity index (χ0) is 45.1. The maximum atomic E-state index is 13.0. The molecule has 1 aliphatic rings. The van der Waals surface area contributed by atoms with Crippen molar-refractivity contribution in [3.63, 3.8) is 0 Å². The molecule has 358 valence electrons. The van der Waals surface area contributed by atoms with E-state index < -0.39 is 75.2 Å². The lowest BCUT2D eigenvalue weighted by atomic mass is 9.85. The largest absolute Gasteiger partial charge is 0.472 e. The van der Waals surface area contributed by atoms with Gasteiger partial charge in [0.25, 0.3) is 0 Å². The van der Waals surface area contributed by atoms with E-state index >= 15 is 0 Å². The average Bonchev–Trinajstić information content (AvgIpc) is 3.23. The van der Waals surface area contributed by atoms with Gasteiger partial charge in [-0.2, -0.15) is 0 Å². The number of rotatable bonds is 39. The lowest BCUT2D eigenvalue weighted by Gasteiger charge is -2.41. The second-order valence-electron chi connectivity index (χ2n) is 17.1. The number of nitrogens with one attached hydrogen (secondary N) is 1. The summed E-state index contributed by atoms with van der Waals surface area (Å²) in [7, 11) is -5.15. The molecule has 14 heteroatoms. The van der Waals surface area contributed by atoms with Crippen molar-refractivity contribution in [3.05, 3.63) is 36.5 Å². The van der Waals surface area contributed by atoms with Gasteiger partial charge in [-0.15, -0.1) is 0 Å². The predicted octanol–water partition coefficient (Wildman–Crippen LogP) is 8.14. The van der Waals surface area contributed by atoms with Gasteiger partial charge in [-0.1, -0.05) is 179 Å². The summed E-state index contributed by atoms with van der Waals surface area (Å²) in [5, 5.41) is 74.5. The topological polar surface area (TPSA) is 226 Å². The highest BCUT2D eigenvalue weighted by atomic mass is 31.2. The molecule has 1 rings (SSSR count). The second-order valence-corrected chi connectivity index (χ2v) is 18.5. The fraction of sp³-hybridized carbons (Fsp3) is 0.851. The first-order chi connectivity index (χ1) is 29.3.